The van der Waals surface area contributed by atoms with E-state index in [4.69, 9.17) is 19.9 Å². The van der Waals surface area contributed by atoms with Crippen molar-refractivity contribution < 1.29 is 14.2 Å². The highest BCUT2D eigenvalue weighted by Gasteiger charge is 2.34. The maximum Gasteiger partial charge on any atom is 0.244 e. The summed E-state index contributed by atoms with van der Waals surface area (Å²) in [5.74, 6) is 1.36. The largest absolute Gasteiger partial charge is 0.493 e. The van der Waals surface area contributed by atoms with Gasteiger partial charge >= 0.3 is 0 Å². The Kier molecular flexibility index (Phi) is 4.52. The van der Waals surface area contributed by atoms with Crippen LogP contribution in [0.3, 0.4) is 0 Å². The van der Waals surface area contributed by atoms with E-state index in [0.717, 1.165) is 23.2 Å². The Balaban J connectivity index is 2.11. The molecule has 0 bridgehead atoms. The molecule has 2 aromatic rings. The normalized spacial score (nSPS) is 16.0. The zero-order valence-corrected chi connectivity index (χ0v) is 14.4. The molecule has 0 amide bonds. The number of nitrogens with two attached hydrogens (primary N) is 1. The molecular formula is C18H20N4O3. The van der Waals surface area contributed by atoms with Gasteiger partial charge in [-0.15, -0.1) is 5.10 Å². The van der Waals surface area contributed by atoms with Gasteiger partial charge in [-0.2, -0.15) is 5.26 Å². The zero-order chi connectivity index (χ0) is 18.0. The monoisotopic (exact) mass is 340 g/mol. The lowest BCUT2D eigenvalue weighted by atomic mass is 9.84. The molecule has 1 aromatic heterocycles. The SMILES string of the molecule is CCCOc1ccc([C@@H]2C(C#N)=C(N)Oc3n[nH]c(C)c32)cc1OC. The van der Waals surface area contributed by atoms with Crippen molar-refractivity contribution in [3.8, 4) is 23.4 Å². The van der Waals surface area contributed by atoms with Crippen LogP contribution < -0.4 is 19.9 Å². The van der Waals surface area contributed by atoms with Crippen LogP contribution in [0.1, 0.15) is 36.1 Å². The Hall–Kier alpha value is -3.14. The first-order chi connectivity index (χ1) is 12.1. The molecule has 0 aliphatic carbocycles. The van der Waals surface area contributed by atoms with Crippen LogP contribution in [0.25, 0.3) is 0 Å². The Labute approximate surface area is 146 Å². The lowest BCUT2D eigenvalue weighted by Crippen LogP contribution is -2.21. The van der Waals surface area contributed by atoms with Gasteiger partial charge in [0, 0.05) is 11.3 Å². The van der Waals surface area contributed by atoms with E-state index >= 15 is 0 Å². The molecule has 7 nitrogen and oxygen atoms in total. The first-order valence-electron chi connectivity index (χ1n) is 8.03. The van der Waals surface area contributed by atoms with Crippen molar-refractivity contribution in [1.29, 1.82) is 5.26 Å². The van der Waals surface area contributed by atoms with Crippen molar-refractivity contribution >= 4 is 0 Å². The second kappa shape index (κ2) is 6.77. The lowest BCUT2D eigenvalue weighted by Gasteiger charge is -2.24. The van der Waals surface area contributed by atoms with Crippen molar-refractivity contribution in [1.82, 2.24) is 10.2 Å². The fourth-order valence-corrected chi connectivity index (χ4v) is 2.93. The molecule has 2 heterocycles. The molecule has 0 fully saturated rings. The summed E-state index contributed by atoms with van der Waals surface area (Å²) >= 11 is 0. The number of allylic oxidation sites excluding steroid dienone is 1. The number of aryl methyl sites for hydroxylation is 1. The third-order valence-corrected chi connectivity index (χ3v) is 4.11. The molecule has 0 unspecified atom stereocenters. The molecule has 7 heteroatoms. The van der Waals surface area contributed by atoms with Crippen molar-refractivity contribution in [3.05, 3.63) is 46.5 Å². The fraction of sp³-hybridized carbons (Fsp3) is 0.333. The summed E-state index contributed by atoms with van der Waals surface area (Å²) in [5.41, 5.74) is 8.76. The molecular weight excluding hydrogens is 320 g/mol. The van der Waals surface area contributed by atoms with Gasteiger partial charge in [-0.25, -0.2) is 0 Å². The summed E-state index contributed by atoms with van der Waals surface area (Å²) in [7, 11) is 1.59. The zero-order valence-electron chi connectivity index (χ0n) is 14.4. The molecule has 1 aliphatic rings. The number of aromatic amines is 1. The van der Waals surface area contributed by atoms with Crippen molar-refractivity contribution in [2.75, 3.05) is 13.7 Å². The summed E-state index contributed by atoms with van der Waals surface area (Å²) in [6.45, 7) is 4.53. The number of H-pyrrole nitrogens is 1. The van der Waals surface area contributed by atoms with E-state index in [2.05, 4.69) is 16.3 Å². The van der Waals surface area contributed by atoms with E-state index in [-0.39, 0.29) is 11.8 Å². The number of hydrogen-bond acceptors (Lipinski definition) is 6. The highest BCUT2D eigenvalue weighted by molar-refractivity contribution is 5.57. The molecule has 1 aromatic carbocycles. The van der Waals surface area contributed by atoms with Crippen LogP contribution in [0.2, 0.25) is 0 Å². The predicted molar refractivity (Wildman–Crippen MR) is 91.4 cm³/mol. The van der Waals surface area contributed by atoms with Gasteiger partial charge in [-0.3, -0.25) is 5.10 Å². The number of fused-ring (bicyclic) bond motifs is 1. The number of hydrogen-bond donors (Lipinski definition) is 2. The van der Waals surface area contributed by atoms with Crippen LogP contribution in [0.5, 0.6) is 17.4 Å². The summed E-state index contributed by atoms with van der Waals surface area (Å²) in [4.78, 5) is 0. The minimum absolute atomic E-state index is 0.0665. The number of nitrogens with zero attached hydrogens (tertiary/aromatic N) is 2. The van der Waals surface area contributed by atoms with Crippen LogP contribution in [0.15, 0.2) is 29.7 Å². The first-order valence-corrected chi connectivity index (χ1v) is 8.03. The van der Waals surface area contributed by atoms with E-state index in [1.54, 1.807) is 7.11 Å². The molecule has 0 saturated heterocycles. The van der Waals surface area contributed by atoms with Gasteiger partial charge in [-0.05, 0) is 31.0 Å². The summed E-state index contributed by atoms with van der Waals surface area (Å²) in [6.07, 6.45) is 0.903. The summed E-state index contributed by atoms with van der Waals surface area (Å²) < 4.78 is 16.6. The minimum atomic E-state index is -0.373. The molecule has 3 rings (SSSR count). The van der Waals surface area contributed by atoms with Gasteiger partial charge < -0.3 is 19.9 Å². The van der Waals surface area contributed by atoms with Gasteiger partial charge in [-0.1, -0.05) is 13.0 Å². The maximum absolute atomic E-state index is 9.59. The number of rotatable bonds is 5. The van der Waals surface area contributed by atoms with Crippen LogP contribution in [-0.4, -0.2) is 23.9 Å². The summed E-state index contributed by atoms with van der Waals surface area (Å²) in [6, 6.07) is 7.78. The average molecular weight is 340 g/mol. The van der Waals surface area contributed by atoms with Crippen molar-refractivity contribution in [2.24, 2.45) is 5.73 Å². The second-order valence-corrected chi connectivity index (χ2v) is 5.75. The Morgan fingerprint density at radius 1 is 1.40 bits per heavy atom. The number of benzene rings is 1. The molecule has 3 N–H and O–H groups in total. The lowest BCUT2D eigenvalue weighted by molar-refractivity contribution is 0.294. The minimum Gasteiger partial charge on any atom is -0.493 e. The Bertz CT molecular complexity index is 864. The molecule has 1 atom stereocenters. The van der Waals surface area contributed by atoms with E-state index in [9.17, 15) is 5.26 Å². The first kappa shape index (κ1) is 16.7. The molecule has 0 spiro atoms. The van der Waals surface area contributed by atoms with E-state index in [0.29, 0.717) is 29.6 Å². The van der Waals surface area contributed by atoms with E-state index in [1.165, 1.54) is 0 Å². The van der Waals surface area contributed by atoms with Crippen LogP contribution in [0, 0.1) is 18.3 Å². The highest BCUT2D eigenvalue weighted by Crippen LogP contribution is 2.44. The number of methoxy groups -OCH3 is 1. The van der Waals surface area contributed by atoms with Crippen LogP contribution >= 0.6 is 0 Å². The molecule has 0 radical (unpaired) electrons. The number of nitriles is 1. The number of aromatic nitrogens is 2. The average Bonchev–Trinajstić information content (AvgIpc) is 2.99. The van der Waals surface area contributed by atoms with Gasteiger partial charge in [0.25, 0.3) is 0 Å². The predicted octanol–water partition coefficient (Wildman–Crippen LogP) is 2.73. The van der Waals surface area contributed by atoms with Crippen molar-refractivity contribution in [3.63, 3.8) is 0 Å². The van der Waals surface area contributed by atoms with Crippen LogP contribution in [0.4, 0.5) is 0 Å². The van der Waals surface area contributed by atoms with E-state index in [1.807, 2.05) is 32.0 Å². The Morgan fingerprint density at radius 2 is 2.20 bits per heavy atom. The quantitative estimate of drug-likeness (QED) is 0.867. The fourth-order valence-electron chi connectivity index (χ4n) is 2.93. The second-order valence-electron chi connectivity index (χ2n) is 5.75. The molecule has 0 saturated carbocycles. The Morgan fingerprint density at radius 3 is 2.88 bits per heavy atom. The van der Waals surface area contributed by atoms with E-state index < -0.39 is 0 Å². The standard InChI is InChI=1S/C18H20N4O3/c1-4-7-24-13-6-5-11(8-14(13)23-3)16-12(9-19)17(20)25-18-15(16)10(2)21-22-18/h5-6,8,16H,4,7,20H2,1-3H3,(H,21,22)/t16-/m1/s1. The molecule has 1 aliphatic heterocycles. The number of nitrogens with one attached hydrogen (secondary N) is 1. The third-order valence-electron chi connectivity index (χ3n) is 4.11. The van der Waals surface area contributed by atoms with Gasteiger partial charge in [0.2, 0.25) is 11.8 Å². The maximum atomic E-state index is 9.59. The van der Waals surface area contributed by atoms with Crippen LogP contribution in [-0.2, 0) is 0 Å². The molecule has 25 heavy (non-hydrogen) atoms. The van der Waals surface area contributed by atoms with Gasteiger partial charge in [0.1, 0.15) is 11.6 Å². The third kappa shape index (κ3) is 2.87. The van der Waals surface area contributed by atoms with Gasteiger partial charge in [0.05, 0.1) is 19.6 Å². The summed E-state index contributed by atoms with van der Waals surface area (Å²) in [5, 5.41) is 16.6. The van der Waals surface area contributed by atoms with Gasteiger partial charge in [0.15, 0.2) is 11.5 Å². The molecule has 130 valence electrons. The smallest absolute Gasteiger partial charge is 0.244 e. The number of ether oxygens (including phenoxy) is 3. The highest BCUT2D eigenvalue weighted by atomic mass is 16.5. The van der Waals surface area contributed by atoms with Crippen molar-refractivity contribution in [2.45, 2.75) is 26.2 Å². The topological polar surface area (TPSA) is 106 Å².